The summed E-state index contributed by atoms with van der Waals surface area (Å²) < 4.78 is 14.1. The number of amides is 2. The van der Waals surface area contributed by atoms with E-state index in [1.165, 1.54) is 17.0 Å². The summed E-state index contributed by atoms with van der Waals surface area (Å²) in [6.07, 6.45) is -0.212. The third-order valence-electron chi connectivity index (χ3n) is 4.46. The van der Waals surface area contributed by atoms with Gasteiger partial charge in [-0.15, -0.1) is 0 Å². The highest BCUT2D eigenvalue weighted by atomic mass is 35.5. The van der Waals surface area contributed by atoms with Gasteiger partial charge < -0.3 is 10.2 Å². The molecule has 150 valence electrons. The first kappa shape index (κ1) is 21.9. The molecule has 0 unspecified atom stereocenters. The molecule has 0 aliphatic heterocycles. The van der Waals surface area contributed by atoms with Crippen LogP contribution in [-0.2, 0) is 22.6 Å². The minimum atomic E-state index is -0.707. The highest BCUT2D eigenvalue weighted by Crippen LogP contribution is 2.21. The second-order valence-electron chi connectivity index (χ2n) is 7.22. The maximum absolute atomic E-state index is 14.1. The van der Waals surface area contributed by atoms with Gasteiger partial charge in [0.2, 0.25) is 11.8 Å². The lowest BCUT2D eigenvalue weighted by atomic mass is 10.1. The zero-order valence-electron chi connectivity index (χ0n) is 16.6. The van der Waals surface area contributed by atoms with Crippen LogP contribution in [0.3, 0.4) is 0 Å². The predicted molar refractivity (Wildman–Crippen MR) is 110 cm³/mol. The van der Waals surface area contributed by atoms with Gasteiger partial charge >= 0.3 is 0 Å². The van der Waals surface area contributed by atoms with Gasteiger partial charge in [-0.2, -0.15) is 0 Å². The Bertz CT molecular complexity index is 817. The zero-order valence-corrected chi connectivity index (χ0v) is 17.4. The molecule has 0 aliphatic rings. The number of nitrogens with zero attached hydrogens (tertiary/aromatic N) is 1. The van der Waals surface area contributed by atoms with Gasteiger partial charge in [0.15, 0.2) is 0 Å². The number of carbonyl (C=O) groups is 2. The predicted octanol–water partition coefficient (Wildman–Crippen LogP) is 4.27. The molecule has 0 aromatic heterocycles. The van der Waals surface area contributed by atoms with Crippen LogP contribution >= 0.6 is 11.6 Å². The second kappa shape index (κ2) is 9.69. The third kappa shape index (κ3) is 5.80. The van der Waals surface area contributed by atoms with Gasteiger partial charge in [-0.3, -0.25) is 9.59 Å². The molecule has 0 fully saturated rings. The molecule has 2 rings (SSSR count). The molecule has 0 aliphatic carbocycles. The minimum Gasteiger partial charge on any atom is -0.352 e. The molecule has 0 saturated carbocycles. The van der Waals surface area contributed by atoms with Gasteiger partial charge in [0.25, 0.3) is 0 Å². The van der Waals surface area contributed by atoms with Crippen LogP contribution in [-0.4, -0.2) is 28.8 Å². The molecule has 1 atom stereocenters. The normalized spacial score (nSPS) is 12.0. The molecule has 2 aromatic rings. The van der Waals surface area contributed by atoms with E-state index in [9.17, 15) is 14.0 Å². The molecule has 1 N–H and O–H groups in total. The molecule has 2 aromatic carbocycles. The first-order chi connectivity index (χ1) is 13.2. The fourth-order valence-corrected chi connectivity index (χ4v) is 3.06. The molecule has 0 spiro atoms. The van der Waals surface area contributed by atoms with Crippen LogP contribution in [0.2, 0.25) is 5.02 Å². The highest BCUT2D eigenvalue weighted by molar-refractivity contribution is 6.31. The number of aryl methyl sites for hydroxylation is 1. The number of hydrogen-bond acceptors (Lipinski definition) is 2. The van der Waals surface area contributed by atoms with E-state index >= 15 is 0 Å². The summed E-state index contributed by atoms with van der Waals surface area (Å²) in [5.74, 6) is -1.15. The van der Waals surface area contributed by atoms with Crippen LogP contribution in [0.25, 0.3) is 0 Å². The van der Waals surface area contributed by atoms with Crippen molar-refractivity contribution in [3.8, 4) is 0 Å². The summed E-state index contributed by atoms with van der Waals surface area (Å²) in [7, 11) is 0. The topological polar surface area (TPSA) is 49.4 Å². The summed E-state index contributed by atoms with van der Waals surface area (Å²) >= 11 is 6.08. The van der Waals surface area contributed by atoms with Gasteiger partial charge in [-0.25, -0.2) is 4.39 Å². The number of halogens is 2. The largest absolute Gasteiger partial charge is 0.352 e. The average Bonchev–Trinajstić information content (AvgIpc) is 2.63. The van der Waals surface area contributed by atoms with Crippen LogP contribution in [0.1, 0.15) is 37.5 Å². The molecule has 0 radical (unpaired) electrons. The summed E-state index contributed by atoms with van der Waals surface area (Å²) in [5, 5.41) is 3.02. The second-order valence-corrected chi connectivity index (χ2v) is 7.63. The van der Waals surface area contributed by atoms with Crippen LogP contribution in [0.15, 0.2) is 42.5 Å². The number of carbonyl (C=O) groups excluding carboxylic acids is 2. The van der Waals surface area contributed by atoms with Gasteiger partial charge in [-0.1, -0.05) is 47.5 Å². The molecule has 6 heteroatoms. The van der Waals surface area contributed by atoms with E-state index in [-0.39, 0.29) is 41.4 Å². The molecule has 4 nitrogen and oxygen atoms in total. The zero-order chi connectivity index (χ0) is 20.8. The fraction of sp³-hybridized carbons (Fsp3) is 0.364. The van der Waals surface area contributed by atoms with Crippen LogP contribution in [0, 0.1) is 12.7 Å². The van der Waals surface area contributed by atoms with Crippen molar-refractivity contribution in [2.24, 2.45) is 0 Å². The summed E-state index contributed by atoms with van der Waals surface area (Å²) in [6.45, 7) is 7.61. The third-order valence-corrected chi connectivity index (χ3v) is 4.82. The van der Waals surface area contributed by atoms with Crippen molar-refractivity contribution < 1.29 is 14.0 Å². The van der Waals surface area contributed by atoms with E-state index in [4.69, 9.17) is 11.6 Å². The first-order valence-electron chi connectivity index (χ1n) is 9.27. The first-order valence-corrected chi connectivity index (χ1v) is 9.65. The standard InChI is InChI=1S/C22H26ClFN2O2/c1-14(2)25-22(28)16(4)26(13-17-10-8-15(3)9-11-17)21(27)12-18-19(23)6-5-7-20(18)24/h5-11,14,16H,12-13H2,1-4H3,(H,25,28)/t16-/m1/s1. The van der Waals surface area contributed by atoms with Crippen molar-refractivity contribution in [1.82, 2.24) is 10.2 Å². The Balaban J connectivity index is 2.29. The van der Waals surface area contributed by atoms with Gasteiger partial charge in [0.1, 0.15) is 11.9 Å². The van der Waals surface area contributed by atoms with Crippen molar-refractivity contribution in [3.05, 3.63) is 70.0 Å². The van der Waals surface area contributed by atoms with E-state index in [0.717, 1.165) is 11.1 Å². The minimum absolute atomic E-state index is 0.0488. The van der Waals surface area contributed by atoms with Crippen molar-refractivity contribution in [1.29, 1.82) is 0 Å². The van der Waals surface area contributed by atoms with Crippen molar-refractivity contribution in [2.45, 2.75) is 52.7 Å². The highest BCUT2D eigenvalue weighted by Gasteiger charge is 2.27. The molecular weight excluding hydrogens is 379 g/mol. The summed E-state index contributed by atoms with van der Waals surface area (Å²) in [6, 6.07) is 11.3. The maximum Gasteiger partial charge on any atom is 0.242 e. The smallest absolute Gasteiger partial charge is 0.242 e. The summed E-state index contributed by atoms with van der Waals surface area (Å²) in [4.78, 5) is 27.0. The van der Waals surface area contributed by atoms with E-state index in [1.807, 2.05) is 45.0 Å². The number of rotatable bonds is 7. The quantitative estimate of drug-likeness (QED) is 0.749. The Morgan fingerprint density at radius 1 is 1.11 bits per heavy atom. The molecule has 0 saturated heterocycles. The molecule has 28 heavy (non-hydrogen) atoms. The van der Waals surface area contributed by atoms with Crippen molar-refractivity contribution in [2.75, 3.05) is 0 Å². The molecular formula is C22H26ClFN2O2. The monoisotopic (exact) mass is 404 g/mol. The Labute approximate surface area is 170 Å². The Hall–Kier alpha value is -2.40. The van der Waals surface area contributed by atoms with E-state index in [2.05, 4.69) is 5.32 Å². The lowest BCUT2D eigenvalue weighted by Gasteiger charge is -2.29. The Morgan fingerprint density at radius 3 is 2.32 bits per heavy atom. The summed E-state index contributed by atoms with van der Waals surface area (Å²) in [5.41, 5.74) is 2.13. The van der Waals surface area contributed by atoms with Crippen molar-refractivity contribution >= 4 is 23.4 Å². The molecule has 0 heterocycles. The number of nitrogens with one attached hydrogen (secondary N) is 1. The van der Waals surface area contributed by atoms with E-state index < -0.39 is 11.9 Å². The molecule has 2 amide bonds. The SMILES string of the molecule is Cc1ccc(CN(C(=O)Cc2c(F)cccc2Cl)[C@H](C)C(=O)NC(C)C)cc1. The lowest BCUT2D eigenvalue weighted by Crippen LogP contribution is -2.49. The molecule has 0 bridgehead atoms. The number of benzene rings is 2. The Morgan fingerprint density at radius 2 is 1.75 bits per heavy atom. The lowest BCUT2D eigenvalue weighted by molar-refractivity contribution is -0.140. The van der Waals surface area contributed by atoms with Crippen LogP contribution < -0.4 is 5.32 Å². The fourth-order valence-electron chi connectivity index (χ4n) is 2.83. The van der Waals surface area contributed by atoms with E-state index in [1.54, 1.807) is 13.0 Å². The Kier molecular flexibility index (Phi) is 7.58. The van der Waals surface area contributed by atoms with Gasteiger partial charge in [-0.05, 0) is 45.4 Å². The average molecular weight is 405 g/mol. The van der Waals surface area contributed by atoms with E-state index in [0.29, 0.717) is 0 Å². The maximum atomic E-state index is 14.1. The van der Waals surface area contributed by atoms with Gasteiger partial charge in [0, 0.05) is 23.2 Å². The van der Waals surface area contributed by atoms with Gasteiger partial charge in [0.05, 0.1) is 6.42 Å². The van der Waals surface area contributed by atoms with Crippen LogP contribution in [0.4, 0.5) is 4.39 Å². The van der Waals surface area contributed by atoms with Crippen LogP contribution in [0.5, 0.6) is 0 Å². The van der Waals surface area contributed by atoms with Crippen molar-refractivity contribution in [3.63, 3.8) is 0 Å². The number of hydrogen-bond donors (Lipinski definition) is 1.